The number of nitrogens with two attached hydrogens (primary N) is 1. The summed E-state index contributed by atoms with van der Waals surface area (Å²) in [5.74, 6) is 0.291. The minimum Gasteiger partial charge on any atom is -0.394 e. The van der Waals surface area contributed by atoms with Crippen LogP contribution in [0.3, 0.4) is 0 Å². The van der Waals surface area contributed by atoms with Crippen molar-refractivity contribution in [2.24, 2.45) is 5.10 Å². The molecule has 0 bridgehead atoms. The molecule has 12 nitrogen and oxygen atoms in total. The predicted octanol–water partition coefficient (Wildman–Crippen LogP) is -0.831. The van der Waals surface area contributed by atoms with Gasteiger partial charge in [0.15, 0.2) is 23.2 Å². The van der Waals surface area contributed by atoms with Crippen molar-refractivity contribution < 1.29 is 20.1 Å². The van der Waals surface area contributed by atoms with Crippen LogP contribution in [0.15, 0.2) is 29.6 Å². The fourth-order valence-electron chi connectivity index (χ4n) is 3.13. The van der Waals surface area contributed by atoms with E-state index in [0.29, 0.717) is 5.69 Å². The minimum absolute atomic E-state index is 0.132. The zero-order chi connectivity index (χ0) is 20.5. The maximum Gasteiger partial charge on any atom is 0.228 e. The zero-order valence-electron chi connectivity index (χ0n) is 15.4. The van der Waals surface area contributed by atoms with E-state index < -0.39 is 31.1 Å². The van der Waals surface area contributed by atoms with Crippen molar-refractivity contribution in [3.63, 3.8) is 0 Å². The highest BCUT2D eigenvalue weighted by Gasteiger charge is 2.45. The van der Waals surface area contributed by atoms with E-state index in [4.69, 9.17) is 10.5 Å². The quantitative estimate of drug-likeness (QED) is 0.268. The SMILES string of the molecule is Cc1cccc(C=NNc2nc3c(N)ncnc3n2C2OC(CO)C(O)C2O)n1. The van der Waals surface area contributed by atoms with Gasteiger partial charge in [-0.15, -0.1) is 0 Å². The first-order valence-electron chi connectivity index (χ1n) is 8.83. The Kier molecular flexibility index (Phi) is 5.07. The van der Waals surface area contributed by atoms with Gasteiger partial charge in [-0.1, -0.05) is 6.07 Å². The smallest absolute Gasteiger partial charge is 0.228 e. The Labute approximate surface area is 164 Å². The number of anilines is 2. The standard InChI is InChI=1S/C17H20N8O4/c1-8-3-2-4-9(22-8)5-21-24-17-23-11-14(18)19-7-20-15(11)25(17)16-13(28)12(27)10(6-26)29-16/h2-5,7,10,12-13,16,26-28H,6H2,1H3,(H,23,24)(H2,18,19,20). The number of nitrogen functional groups attached to an aromatic ring is 1. The minimum atomic E-state index is -1.33. The number of pyridine rings is 1. The van der Waals surface area contributed by atoms with Crippen LogP contribution in [0.5, 0.6) is 0 Å². The molecule has 4 unspecified atom stereocenters. The van der Waals surface area contributed by atoms with E-state index in [1.165, 1.54) is 17.1 Å². The lowest BCUT2D eigenvalue weighted by atomic mass is 10.1. The van der Waals surface area contributed by atoms with Gasteiger partial charge in [-0.25, -0.2) is 20.4 Å². The van der Waals surface area contributed by atoms with Gasteiger partial charge < -0.3 is 25.8 Å². The van der Waals surface area contributed by atoms with Gasteiger partial charge in [0.25, 0.3) is 0 Å². The lowest BCUT2D eigenvalue weighted by Gasteiger charge is -2.18. The molecule has 1 saturated heterocycles. The van der Waals surface area contributed by atoms with Gasteiger partial charge in [-0.3, -0.25) is 9.55 Å². The molecule has 1 aliphatic rings. The third kappa shape index (κ3) is 3.49. The van der Waals surface area contributed by atoms with Crippen LogP contribution in [-0.4, -0.2) is 71.0 Å². The van der Waals surface area contributed by atoms with Gasteiger partial charge in [0, 0.05) is 5.69 Å². The molecule has 29 heavy (non-hydrogen) atoms. The number of aliphatic hydroxyl groups excluding tert-OH is 3. The predicted molar refractivity (Wildman–Crippen MR) is 103 cm³/mol. The third-order valence-corrected chi connectivity index (χ3v) is 4.55. The van der Waals surface area contributed by atoms with Gasteiger partial charge in [-0.05, 0) is 19.1 Å². The van der Waals surface area contributed by atoms with Gasteiger partial charge in [0.1, 0.15) is 24.6 Å². The van der Waals surface area contributed by atoms with Crippen LogP contribution in [0.1, 0.15) is 17.6 Å². The van der Waals surface area contributed by atoms with E-state index in [-0.39, 0.29) is 22.9 Å². The van der Waals surface area contributed by atoms with Gasteiger partial charge in [0.2, 0.25) is 5.95 Å². The summed E-state index contributed by atoms with van der Waals surface area (Å²) in [5, 5.41) is 34.1. The lowest BCUT2D eigenvalue weighted by molar-refractivity contribution is -0.0501. The van der Waals surface area contributed by atoms with Gasteiger partial charge >= 0.3 is 0 Å². The molecule has 0 amide bonds. The van der Waals surface area contributed by atoms with E-state index in [9.17, 15) is 15.3 Å². The van der Waals surface area contributed by atoms with Crippen molar-refractivity contribution in [1.82, 2.24) is 24.5 Å². The zero-order valence-corrected chi connectivity index (χ0v) is 15.4. The van der Waals surface area contributed by atoms with Crippen molar-refractivity contribution in [3.8, 4) is 0 Å². The second kappa shape index (κ2) is 7.67. The van der Waals surface area contributed by atoms with Crippen molar-refractivity contribution >= 4 is 29.1 Å². The van der Waals surface area contributed by atoms with Crippen molar-refractivity contribution in [2.75, 3.05) is 17.8 Å². The first kappa shape index (κ1) is 19.1. The molecule has 0 aliphatic carbocycles. The molecule has 4 atom stereocenters. The average molecular weight is 400 g/mol. The number of hydrogen-bond donors (Lipinski definition) is 5. The molecular weight excluding hydrogens is 380 g/mol. The summed E-state index contributed by atoms with van der Waals surface area (Å²) in [6.45, 7) is 1.41. The number of imidazole rings is 1. The molecule has 12 heteroatoms. The van der Waals surface area contributed by atoms with Crippen LogP contribution in [0.2, 0.25) is 0 Å². The van der Waals surface area contributed by atoms with Crippen LogP contribution in [0.25, 0.3) is 11.2 Å². The molecule has 0 aromatic carbocycles. The number of hydrogen-bond acceptors (Lipinski definition) is 11. The molecule has 0 saturated carbocycles. The highest BCUT2D eigenvalue weighted by Crippen LogP contribution is 2.35. The number of rotatable bonds is 5. The molecule has 4 rings (SSSR count). The summed E-state index contributed by atoms with van der Waals surface area (Å²) in [5.41, 5.74) is 10.7. The Morgan fingerprint density at radius 2 is 2.10 bits per heavy atom. The van der Waals surface area contributed by atoms with E-state index >= 15 is 0 Å². The number of nitrogens with zero attached hydrogens (tertiary/aromatic N) is 6. The Bertz CT molecular complexity index is 1060. The van der Waals surface area contributed by atoms with Crippen LogP contribution in [0.4, 0.5) is 11.8 Å². The van der Waals surface area contributed by atoms with E-state index in [1.807, 2.05) is 19.1 Å². The number of fused-ring (bicyclic) bond motifs is 1. The van der Waals surface area contributed by atoms with E-state index in [0.717, 1.165) is 5.69 Å². The fraction of sp³-hybridized carbons (Fsp3) is 0.353. The van der Waals surface area contributed by atoms with E-state index in [1.54, 1.807) is 6.07 Å². The maximum absolute atomic E-state index is 10.4. The Morgan fingerprint density at radius 3 is 2.83 bits per heavy atom. The molecule has 6 N–H and O–H groups in total. The number of aryl methyl sites for hydroxylation is 1. The molecule has 152 valence electrons. The summed E-state index contributed by atoms with van der Waals surface area (Å²) < 4.78 is 7.03. The molecule has 1 fully saturated rings. The van der Waals surface area contributed by atoms with Crippen molar-refractivity contribution in [2.45, 2.75) is 31.5 Å². The molecule has 0 radical (unpaired) electrons. The number of ether oxygens (including phenoxy) is 1. The summed E-state index contributed by atoms with van der Waals surface area (Å²) in [4.78, 5) is 16.7. The number of hydrazone groups is 1. The van der Waals surface area contributed by atoms with Crippen LogP contribution < -0.4 is 11.2 Å². The highest BCUT2D eigenvalue weighted by atomic mass is 16.6. The van der Waals surface area contributed by atoms with E-state index in [2.05, 4.69) is 30.5 Å². The molecule has 3 aromatic rings. The highest BCUT2D eigenvalue weighted by molar-refractivity contribution is 5.84. The number of aromatic nitrogens is 5. The Morgan fingerprint density at radius 1 is 1.28 bits per heavy atom. The lowest BCUT2D eigenvalue weighted by Crippen LogP contribution is -2.33. The van der Waals surface area contributed by atoms with Crippen LogP contribution in [0, 0.1) is 6.92 Å². The Hall–Kier alpha value is -3.19. The number of nitrogens with one attached hydrogen (secondary N) is 1. The number of aliphatic hydroxyl groups is 3. The monoisotopic (exact) mass is 400 g/mol. The first-order chi connectivity index (χ1) is 14.0. The summed E-state index contributed by atoms with van der Waals surface area (Å²) in [6, 6.07) is 5.51. The summed E-state index contributed by atoms with van der Waals surface area (Å²) in [7, 11) is 0. The van der Waals surface area contributed by atoms with Crippen molar-refractivity contribution in [1.29, 1.82) is 0 Å². The fourth-order valence-corrected chi connectivity index (χ4v) is 3.13. The molecule has 0 spiro atoms. The molecule has 3 aromatic heterocycles. The molecular formula is C17H20N8O4. The summed E-state index contributed by atoms with van der Waals surface area (Å²) >= 11 is 0. The second-order valence-electron chi connectivity index (χ2n) is 6.54. The first-order valence-corrected chi connectivity index (χ1v) is 8.83. The molecule has 4 heterocycles. The van der Waals surface area contributed by atoms with Gasteiger partial charge in [-0.2, -0.15) is 5.10 Å². The van der Waals surface area contributed by atoms with Gasteiger partial charge in [0.05, 0.1) is 18.5 Å². The van der Waals surface area contributed by atoms with Crippen molar-refractivity contribution in [3.05, 3.63) is 35.9 Å². The average Bonchev–Trinajstić information content (AvgIpc) is 3.20. The van der Waals surface area contributed by atoms with Crippen LogP contribution in [-0.2, 0) is 4.74 Å². The second-order valence-corrected chi connectivity index (χ2v) is 6.54. The maximum atomic E-state index is 10.4. The largest absolute Gasteiger partial charge is 0.394 e. The topological polar surface area (TPSA) is 177 Å². The summed E-state index contributed by atoms with van der Waals surface area (Å²) in [6.07, 6.45) is -1.89. The molecule has 1 aliphatic heterocycles. The third-order valence-electron chi connectivity index (χ3n) is 4.55. The Balaban J connectivity index is 1.72. The van der Waals surface area contributed by atoms with Crippen LogP contribution >= 0.6 is 0 Å². The normalized spacial score (nSPS) is 24.6.